The van der Waals surface area contributed by atoms with Crippen LogP contribution in [0.3, 0.4) is 0 Å². The van der Waals surface area contributed by atoms with Gasteiger partial charge in [-0.1, -0.05) is 42.5 Å². The van der Waals surface area contributed by atoms with Gasteiger partial charge in [0.15, 0.2) is 0 Å². The Morgan fingerprint density at radius 3 is 2.12 bits per heavy atom. The molecule has 1 aromatic carbocycles. The number of nitrogens with zero attached hydrogens (tertiary/aromatic N) is 1. The number of rotatable bonds is 4. The molecule has 5 nitrogen and oxygen atoms in total. The van der Waals surface area contributed by atoms with Gasteiger partial charge in [0, 0.05) is 6.54 Å². The quantitative estimate of drug-likeness (QED) is 0.674. The Morgan fingerprint density at radius 2 is 1.58 bits per heavy atom. The van der Waals surface area contributed by atoms with Crippen molar-refractivity contribution in [2.75, 3.05) is 6.54 Å². The van der Waals surface area contributed by atoms with Crippen molar-refractivity contribution in [2.45, 2.75) is 19.4 Å². The number of amides is 3. The third-order valence-corrected chi connectivity index (χ3v) is 5.48. The molecule has 0 unspecified atom stereocenters. The van der Waals surface area contributed by atoms with E-state index in [0.29, 0.717) is 6.54 Å². The molecule has 3 aliphatic carbocycles. The largest absolute Gasteiger partial charge is 0.350 e. The van der Waals surface area contributed by atoms with Crippen LogP contribution in [-0.4, -0.2) is 29.2 Å². The van der Waals surface area contributed by atoms with Crippen molar-refractivity contribution in [3.8, 4) is 0 Å². The molecular formula is C19H20N2O3. The number of fused-ring (bicyclic) bond motifs is 1. The van der Waals surface area contributed by atoms with Gasteiger partial charge in [0.05, 0.1) is 11.8 Å². The summed E-state index contributed by atoms with van der Waals surface area (Å²) in [7, 11) is 0. The normalized spacial score (nSPS) is 30.6. The maximum Gasteiger partial charge on any atom is 0.240 e. The van der Waals surface area contributed by atoms with Gasteiger partial charge >= 0.3 is 0 Å². The Hall–Kier alpha value is -2.43. The number of carbonyl (C=O) groups is 3. The summed E-state index contributed by atoms with van der Waals surface area (Å²) in [6.45, 7) is 0.229. The smallest absolute Gasteiger partial charge is 0.240 e. The van der Waals surface area contributed by atoms with Crippen LogP contribution in [0.4, 0.5) is 0 Å². The molecule has 5 rings (SSSR count). The maximum absolute atomic E-state index is 12.6. The second-order valence-corrected chi connectivity index (χ2v) is 6.87. The summed E-state index contributed by atoms with van der Waals surface area (Å²) < 4.78 is 0. The monoisotopic (exact) mass is 324 g/mol. The molecule has 1 saturated heterocycles. The highest BCUT2D eigenvalue weighted by molar-refractivity contribution is 6.08. The summed E-state index contributed by atoms with van der Waals surface area (Å²) in [6, 6.07) is 9.57. The maximum atomic E-state index is 12.6. The molecule has 2 fully saturated rings. The average molecular weight is 324 g/mol. The predicted octanol–water partition coefficient (Wildman–Crippen LogP) is 1.50. The summed E-state index contributed by atoms with van der Waals surface area (Å²) in [5.41, 5.74) is 0.987. The van der Waals surface area contributed by atoms with E-state index in [1.807, 2.05) is 30.3 Å². The van der Waals surface area contributed by atoms with Crippen LogP contribution in [0, 0.1) is 23.7 Å². The Morgan fingerprint density at radius 1 is 1.00 bits per heavy atom. The van der Waals surface area contributed by atoms with Gasteiger partial charge in [-0.15, -0.1) is 0 Å². The number of benzene rings is 1. The molecule has 1 N–H and O–H groups in total. The Bertz CT molecular complexity index is 681. The highest BCUT2D eigenvalue weighted by Gasteiger charge is 2.56. The molecule has 24 heavy (non-hydrogen) atoms. The highest BCUT2D eigenvalue weighted by atomic mass is 16.2. The first-order chi connectivity index (χ1) is 11.6. The van der Waals surface area contributed by atoms with Crippen LogP contribution in [0.15, 0.2) is 42.5 Å². The van der Waals surface area contributed by atoms with Crippen LogP contribution in [0.1, 0.15) is 18.4 Å². The van der Waals surface area contributed by atoms with Crippen LogP contribution in [0.5, 0.6) is 0 Å². The van der Waals surface area contributed by atoms with Crippen molar-refractivity contribution in [3.05, 3.63) is 48.0 Å². The molecule has 2 bridgehead atoms. The molecular weight excluding hydrogens is 304 g/mol. The van der Waals surface area contributed by atoms with Crippen molar-refractivity contribution < 1.29 is 14.4 Å². The number of carbonyl (C=O) groups excluding carboxylic acids is 3. The van der Waals surface area contributed by atoms with Gasteiger partial charge in [-0.3, -0.25) is 19.3 Å². The summed E-state index contributed by atoms with van der Waals surface area (Å²) in [4.78, 5) is 38.6. The van der Waals surface area contributed by atoms with Gasteiger partial charge in [0.2, 0.25) is 17.7 Å². The first-order valence-electron chi connectivity index (χ1n) is 8.49. The molecule has 3 amide bonds. The van der Waals surface area contributed by atoms with E-state index >= 15 is 0 Å². The van der Waals surface area contributed by atoms with Crippen LogP contribution in [0.25, 0.3) is 0 Å². The SMILES string of the molecule is O=C(CN1C(=O)[C@@H]2[C@@H](C1=O)[C@H]1C=C[C@H]2CC1)NCc1ccccc1. The van der Waals surface area contributed by atoms with E-state index in [0.717, 1.165) is 18.4 Å². The highest BCUT2D eigenvalue weighted by Crippen LogP contribution is 2.49. The molecule has 1 saturated carbocycles. The molecule has 1 aliphatic heterocycles. The number of likely N-dealkylation sites (tertiary alicyclic amines) is 1. The molecule has 1 heterocycles. The summed E-state index contributed by atoms with van der Waals surface area (Å²) in [5.74, 6) is -0.800. The second kappa shape index (κ2) is 5.89. The van der Waals surface area contributed by atoms with Crippen molar-refractivity contribution in [1.29, 1.82) is 0 Å². The minimum atomic E-state index is -0.292. The van der Waals surface area contributed by atoms with Gasteiger partial charge in [-0.2, -0.15) is 0 Å². The fourth-order valence-corrected chi connectivity index (χ4v) is 4.29. The average Bonchev–Trinajstić information content (AvgIpc) is 2.89. The Balaban J connectivity index is 1.41. The number of allylic oxidation sites excluding steroid dienone is 2. The zero-order valence-electron chi connectivity index (χ0n) is 13.4. The van der Waals surface area contributed by atoms with Crippen molar-refractivity contribution in [3.63, 3.8) is 0 Å². The van der Waals surface area contributed by atoms with Gasteiger partial charge in [0.1, 0.15) is 6.54 Å². The van der Waals surface area contributed by atoms with E-state index in [4.69, 9.17) is 0 Å². The third-order valence-electron chi connectivity index (χ3n) is 5.48. The lowest BCUT2D eigenvalue weighted by molar-refractivity contribution is -0.143. The molecule has 124 valence electrons. The topological polar surface area (TPSA) is 66.5 Å². The van der Waals surface area contributed by atoms with E-state index < -0.39 is 0 Å². The molecule has 4 aliphatic rings. The number of nitrogens with one attached hydrogen (secondary N) is 1. The summed E-state index contributed by atoms with van der Waals surface area (Å²) >= 11 is 0. The number of hydrogen-bond acceptors (Lipinski definition) is 3. The minimum Gasteiger partial charge on any atom is -0.350 e. The van der Waals surface area contributed by atoms with Crippen LogP contribution >= 0.6 is 0 Å². The molecule has 0 radical (unpaired) electrons. The number of hydrogen-bond donors (Lipinski definition) is 1. The van der Waals surface area contributed by atoms with Crippen molar-refractivity contribution in [1.82, 2.24) is 10.2 Å². The first-order valence-corrected chi connectivity index (χ1v) is 8.49. The fraction of sp³-hybridized carbons (Fsp3) is 0.421. The molecule has 0 aromatic heterocycles. The van der Waals surface area contributed by atoms with Crippen LogP contribution in [0.2, 0.25) is 0 Å². The fourth-order valence-electron chi connectivity index (χ4n) is 4.29. The van der Waals surface area contributed by atoms with Crippen molar-refractivity contribution >= 4 is 17.7 Å². The summed E-state index contributed by atoms with van der Waals surface area (Å²) in [5, 5.41) is 2.79. The predicted molar refractivity (Wildman–Crippen MR) is 87.3 cm³/mol. The molecule has 5 heteroatoms. The lowest BCUT2D eigenvalue weighted by Gasteiger charge is -2.38. The van der Waals surface area contributed by atoms with Gasteiger partial charge in [0.25, 0.3) is 0 Å². The zero-order valence-corrected chi connectivity index (χ0v) is 13.4. The minimum absolute atomic E-state index is 0.161. The lowest BCUT2D eigenvalue weighted by Crippen LogP contribution is -2.41. The van der Waals surface area contributed by atoms with E-state index in [1.165, 1.54) is 4.90 Å². The van der Waals surface area contributed by atoms with E-state index in [-0.39, 0.29) is 47.9 Å². The number of imide groups is 1. The van der Waals surface area contributed by atoms with Crippen LogP contribution < -0.4 is 5.32 Å². The summed E-state index contributed by atoms with van der Waals surface area (Å²) in [6.07, 6.45) is 6.10. The molecule has 4 atom stereocenters. The van der Waals surface area contributed by atoms with E-state index in [2.05, 4.69) is 17.5 Å². The second-order valence-electron chi connectivity index (χ2n) is 6.87. The van der Waals surface area contributed by atoms with Crippen LogP contribution in [-0.2, 0) is 20.9 Å². The van der Waals surface area contributed by atoms with Gasteiger partial charge in [-0.25, -0.2) is 0 Å². The Kier molecular flexibility index (Phi) is 3.71. The zero-order chi connectivity index (χ0) is 16.7. The van der Waals surface area contributed by atoms with Gasteiger partial charge < -0.3 is 5.32 Å². The molecule has 0 spiro atoms. The Labute approximate surface area is 140 Å². The third kappa shape index (κ3) is 2.44. The van der Waals surface area contributed by atoms with E-state index in [1.54, 1.807) is 0 Å². The lowest BCUT2D eigenvalue weighted by atomic mass is 9.63. The molecule has 1 aromatic rings. The standard InChI is InChI=1S/C19H20N2O3/c22-15(20-10-12-4-2-1-3-5-12)11-21-18(23)16-13-6-7-14(9-8-13)17(16)19(21)24/h1-7,13-14,16-17H,8-11H2,(H,20,22)/t13-,14-,16-,17-/m0/s1. The van der Waals surface area contributed by atoms with Crippen molar-refractivity contribution in [2.24, 2.45) is 23.7 Å². The van der Waals surface area contributed by atoms with Gasteiger partial charge in [-0.05, 0) is 30.2 Å². The first kappa shape index (κ1) is 15.1. The van der Waals surface area contributed by atoms with E-state index in [9.17, 15) is 14.4 Å².